The van der Waals surface area contributed by atoms with Crippen molar-refractivity contribution >= 4 is 11.7 Å². The highest BCUT2D eigenvalue weighted by atomic mass is 16.5. The lowest BCUT2D eigenvalue weighted by atomic mass is 10.2. The SMILES string of the molecule is CCCCN(C)c1ccc(C(=O)OCC)cc1. The molecule has 0 saturated carbocycles. The average molecular weight is 235 g/mol. The minimum Gasteiger partial charge on any atom is -0.462 e. The van der Waals surface area contributed by atoms with E-state index in [1.807, 2.05) is 31.2 Å². The molecule has 0 aliphatic carbocycles. The van der Waals surface area contributed by atoms with E-state index in [4.69, 9.17) is 4.74 Å². The Balaban J connectivity index is 2.64. The first-order chi connectivity index (χ1) is 8.19. The number of ether oxygens (including phenoxy) is 1. The van der Waals surface area contributed by atoms with Crippen LogP contribution in [0.1, 0.15) is 37.0 Å². The molecule has 0 heterocycles. The van der Waals surface area contributed by atoms with Crippen molar-refractivity contribution in [1.82, 2.24) is 0 Å². The van der Waals surface area contributed by atoms with Crippen molar-refractivity contribution in [2.45, 2.75) is 26.7 Å². The van der Waals surface area contributed by atoms with E-state index in [9.17, 15) is 4.79 Å². The predicted molar refractivity (Wildman–Crippen MR) is 70.6 cm³/mol. The average Bonchev–Trinajstić information content (AvgIpc) is 2.36. The van der Waals surface area contributed by atoms with Gasteiger partial charge in [-0.3, -0.25) is 0 Å². The Hall–Kier alpha value is -1.51. The number of anilines is 1. The largest absolute Gasteiger partial charge is 0.462 e. The highest BCUT2D eigenvalue weighted by Gasteiger charge is 2.06. The summed E-state index contributed by atoms with van der Waals surface area (Å²) in [7, 11) is 2.06. The van der Waals surface area contributed by atoms with Crippen LogP contribution >= 0.6 is 0 Å². The summed E-state index contributed by atoms with van der Waals surface area (Å²) in [5.74, 6) is -0.254. The zero-order chi connectivity index (χ0) is 12.7. The summed E-state index contributed by atoms with van der Waals surface area (Å²) in [5.41, 5.74) is 1.74. The number of carbonyl (C=O) groups is 1. The van der Waals surface area contributed by atoms with Gasteiger partial charge in [-0.15, -0.1) is 0 Å². The molecular formula is C14H21NO2. The second-order valence-corrected chi connectivity index (χ2v) is 4.04. The van der Waals surface area contributed by atoms with Gasteiger partial charge in [-0.1, -0.05) is 13.3 Å². The minimum atomic E-state index is -0.254. The maximum absolute atomic E-state index is 11.5. The monoisotopic (exact) mass is 235 g/mol. The van der Waals surface area contributed by atoms with E-state index in [2.05, 4.69) is 18.9 Å². The van der Waals surface area contributed by atoms with Crippen molar-refractivity contribution in [2.24, 2.45) is 0 Å². The topological polar surface area (TPSA) is 29.5 Å². The minimum absolute atomic E-state index is 0.254. The van der Waals surface area contributed by atoms with Gasteiger partial charge in [-0.2, -0.15) is 0 Å². The quantitative estimate of drug-likeness (QED) is 0.710. The summed E-state index contributed by atoms with van der Waals surface area (Å²) in [6.45, 7) is 5.44. The van der Waals surface area contributed by atoms with Crippen LogP contribution in [0.15, 0.2) is 24.3 Å². The van der Waals surface area contributed by atoms with Gasteiger partial charge in [-0.05, 0) is 37.6 Å². The molecule has 0 atom stereocenters. The van der Waals surface area contributed by atoms with Gasteiger partial charge in [0, 0.05) is 19.3 Å². The van der Waals surface area contributed by atoms with E-state index < -0.39 is 0 Å². The molecule has 0 aliphatic heterocycles. The maximum atomic E-state index is 11.5. The number of unbranched alkanes of at least 4 members (excludes halogenated alkanes) is 1. The van der Waals surface area contributed by atoms with Crippen LogP contribution < -0.4 is 4.90 Å². The molecule has 1 aromatic carbocycles. The zero-order valence-corrected chi connectivity index (χ0v) is 10.9. The van der Waals surface area contributed by atoms with E-state index in [-0.39, 0.29) is 5.97 Å². The van der Waals surface area contributed by atoms with Crippen LogP contribution in [0.25, 0.3) is 0 Å². The van der Waals surface area contributed by atoms with Crippen LogP contribution in [0, 0.1) is 0 Å². The van der Waals surface area contributed by atoms with Gasteiger partial charge >= 0.3 is 5.97 Å². The molecule has 3 nitrogen and oxygen atoms in total. The lowest BCUT2D eigenvalue weighted by molar-refractivity contribution is 0.0526. The highest BCUT2D eigenvalue weighted by molar-refractivity contribution is 5.89. The van der Waals surface area contributed by atoms with Crippen molar-refractivity contribution in [3.05, 3.63) is 29.8 Å². The van der Waals surface area contributed by atoms with Crippen molar-refractivity contribution in [3.63, 3.8) is 0 Å². The van der Waals surface area contributed by atoms with Crippen LogP contribution in [-0.4, -0.2) is 26.2 Å². The van der Waals surface area contributed by atoms with E-state index in [0.717, 1.165) is 12.2 Å². The van der Waals surface area contributed by atoms with E-state index in [0.29, 0.717) is 12.2 Å². The standard InChI is InChI=1S/C14H21NO2/c1-4-6-11-15(3)13-9-7-12(8-10-13)14(16)17-5-2/h7-10H,4-6,11H2,1-3H3. The molecule has 1 aromatic rings. The van der Waals surface area contributed by atoms with Crippen molar-refractivity contribution in [1.29, 1.82) is 0 Å². The Bertz CT molecular complexity index is 346. The van der Waals surface area contributed by atoms with Gasteiger partial charge in [0.1, 0.15) is 0 Å². The number of nitrogens with zero attached hydrogens (tertiary/aromatic N) is 1. The number of benzene rings is 1. The normalized spacial score (nSPS) is 10.1. The molecule has 0 N–H and O–H groups in total. The second kappa shape index (κ2) is 6.94. The lowest BCUT2D eigenvalue weighted by Gasteiger charge is -2.18. The Kier molecular flexibility index (Phi) is 5.53. The number of carbonyl (C=O) groups excluding carboxylic acids is 1. The summed E-state index contributed by atoms with van der Waals surface area (Å²) < 4.78 is 4.94. The molecule has 3 heteroatoms. The fraction of sp³-hybridized carbons (Fsp3) is 0.500. The number of esters is 1. The number of rotatable bonds is 6. The van der Waals surface area contributed by atoms with Gasteiger partial charge in [0.15, 0.2) is 0 Å². The van der Waals surface area contributed by atoms with Crippen LogP contribution in [0.5, 0.6) is 0 Å². The lowest BCUT2D eigenvalue weighted by Crippen LogP contribution is -2.18. The van der Waals surface area contributed by atoms with E-state index in [1.54, 1.807) is 0 Å². The summed E-state index contributed by atoms with van der Waals surface area (Å²) in [6.07, 6.45) is 2.36. The van der Waals surface area contributed by atoms with Crippen molar-refractivity contribution in [2.75, 3.05) is 25.1 Å². The molecule has 0 spiro atoms. The fourth-order valence-corrected chi connectivity index (χ4v) is 1.59. The van der Waals surface area contributed by atoms with Gasteiger partial charge in [0.2, 0.25) is 0 Å². The molecular weight excluding hydrogens is 214 g/mol. The van der Waals surface area contributed by atoms with Crippen LogP contribution in [0.3, 0.4) is 0 Å². The molecule has 0 fully saturated rings. The third kappa shape index (κ3) is 4.10. The van der Waals surface area contributed by atoms with E-state index >= 15 is 0 Å². The van der Waals surface area contributed by atoms with Crippen LogP contribution in [0.2, 0.25) is 0 Å². The summed E-state index contributed by atoms with van der Waals surface area (Å²) in [5, 5.41) is 0. The maximum Gasteiger partial charge on any atom is 0.338 e. The third-order valence-corrected chi connectivity index (χ3v) is 2.67. The molecule has 0 amide bonds. The van der Waals surface area contributed by atoms with Crippen LogP contribution in [0.4, 0.5) is 5.69 Å². The summed E-state index contributed by atoms with van der Waals surface area (Å²) in [4.78, 5) is 13.7. The number of hydrogen-bond acceptors (Lipinski definition) is 3. The molecule has 0 saturated heterocycles. The second-order valence-electron chi connectivity index (χ2n) is 4.04. The third-order valence-electron chi connectivity index (χ3n) is 2.67. The zero-order valence-electron chi connectivity index (χ0n) is 10.9. The molecule has 1 rings (SSSR count). The fourth-order valence-electron chi connectivity index (χ4n) is 1.59. The van der Waals surface area contributed by atoms with Crippen LogP contribution in [-0.2, 0) is 4.74 Å². The molecule has 0 aromatic heterocycles. The first kappa shape index (κ1) is 13.6. The molecule has 17 heavy (non-hydrogen) atoms. The van der Waals surface area contributed by atoms with Gasteiger partial charge < -0.3 is 9.64 Å². The molecule has 0 radical (unpaired) electrons. The van der Waals surface area contributed by atoms with Gasteiger partial charge in [0.05, 0.1) is 12.2 Å². The van der Waals surface area contributed by atoms with Gasteiger partial charge in [-0.25, -0.2) is 4.79 Å². The molecule has 0 bridgehead atoms. The highest BCUT2D eigenvalue weighted by Crippen LogP contribution is 2.15. The Morgan fingerprint density at radius 1 is 1.24 bits per heavy atom. The van der Waals surface area contributed by atoms with Crippen molar-refractivity contribution in [3.8, 4) is 0 Å². The van der Waals surface area contributed by atoms with Crippen molar-refractivity contribution < 1.29 is 9.53 Å². The molecule has 94 valence electrons. The molecule has 0 aliphatic rings. The molecule has 0 unspecified atom stereocenters. The first-order valence-electron chi connectivity index (χ1n) is 6.17. The Morgan fingerprint density at radius 2 is 1.88 bits per heavy atom. The van der Waals surface area contributed by atoms with Gasteiger partial charge in [0.25, 0.3) is 0 Å². The summed E-state index contributed by atoms with van der Waals surface area (Å²) >= 11 is 0. The predicted octanol–water partition coefficient (Wildman–Crippen LogP) is 3.10. The smallest absolute Gasteiger partial charge is 0.338 e. The Labute approximate surface area is 103 Å². The summed E-state index contributed by atoms with van der Waals surface area (Å²) in [6, 6.07) is 7.55. The Morgan fingerprint density at radius 3 is 2.41 bits per heavy atom. The van der Waals surface area contributed by atoms with E-state index in [1.165, 1.54) is 12.8 Å². The first-order valence-corrected chi connectivity index (χ1v) is 6.17. The number of hydrogen-bond donors (Lipinski definition) is 0.